The van der Waals surface area contributed by atoms with Crippen LogP contribution < -0.4 is 15.6 Å². The van der Waals surface area contributed by atoms with Crippen LogP contribution in [0.2, 0.25) is 0 Å². The molecule has 1 heterocycles. The van der Waals surface area contributed by atoms with E-state index in [1.54, 1.807) is 43.3 Å². The predicted molar refractivity (Wildman–Crippen MR) is 86.9 cm³/mol. The van der Waals surface area contributed by atoms with Crippen molar-refractivity contribution in [1.82, 2.24) is 4.57 Å². The molecule has 0 aliphatic carbocycles. The highest BCUT2D eigenvalue weighted by Crippen LogP contribution is 2.11. The van der Waals surface area contributed by atoms with E-state index in [1.807, 2.05) is 0 Å². The number of pyridine rings is 1. The summed E-state index contributed by atoms with van der Waals surface area (Å²) in [4.78, 5) is 35.5. The van der Waals surface area contributed by atoms with Gasteiger partial charge in [-0.1, -0.05) is 12.1 Å². The second-order valence-electron chi connectivity index (χ2n) is 4.92. The minimum absolute atomic E-state index is 0.0817. The van der Waals surface area contributed by atoms with Crippen molar-refractivity contribution in [2.24, 2.45) is 0 Å². The van der Waals surface area contributed by atoms with Crippen LogP contribution in [0.15, 0.2) is 47.4 Å². The summed E-state index contributed by atoms with van der Waals surface area (Å²) in [7, 11) is 0. The summed E-state index contributed by atoms with van der Waals surface area (Å²) in [6.45, 7) is 3.48. The molecule has 6 nitrogen and oxygen atoms in total. The van der Waals surface area contributed by atoms with Crippen molar-refractivity contribution in [2.75, 3.05) is 11.9 Å². The molecule has 2 aromatic rings. The second-order valence-corrected chi connectivity index (χ2v) is 4.92. The van der Waals surface area contributed by atoms with Gasteiger partial charge in [0.15, 0.2) is 11.5 Å². The van der Waals surface area contributed by atoms with Crippen molar-refractivity contribution in [2.45, 2.75) is 20.4 Å². The Hall–Kier alpha value is -2.89. The molecule has 1 N–H and O–H groups in total. The van der Waals surface area contributed by atoms with Crippen LogP contribution >= 0.6 is 0 Å². The number of hydrogen-bond donors (Lipinski definition) is 1. The van der Waals surface area contributed by atoms with E-state index in [4.69, 9.17) is 4.74 Å². The molecule has 0 spiro atoms. The van der Waals surface area contributed by atoms with Gasteiger partial charge < -0.3 is 14.6 Å². The number of carbonyl (C=O) groups excluding carboxylic acids is 2. The third kappa shape index (κ3) is 4.29. The number of ketones is 1. The summed E-state index contributed by atoms with van der Waals surface area (Å²) in [6, 6.07) is 9.86. The summed E-state index contributed by atoms with van der Waals surface area (Å²) in [5.74, 6) is -0.232. The topological polar surface area (TPSA) is 77.4 Å². The van der Waals surface area contributed by atoms with Gasteiger partial charge in [-0.25, -0.2) is 0 Å². The highest BCUT2D eigenvalue weighted by atomic mass is 16.5. The lowest BCUT2D eigenvalue weighted by Gasteiger charge is -2.09. The fourth-order valence-electron chi connectivity index (χ4n) is 2.08. The molecule has 120 valence electrons. The first-order valence-electron chi connectivity index (χ1n) is 7.24. The molecule has 0 aliphatic rings. The molecular weight excluding hydrogens is 296 g/mol. The number of amides is 1. The first kappa shape index (κ1) is 16.5. The predicted octanol–water partition coefficient (Wildman–Crippen LogP) is 2.09. The van der Waals surface area contributed by atoms with Crippen molar-refractivity contribution in [1.29, 1.82) is 0 Å². The first-order valence-corrected chi connectivity index (χ1v) is 7.24. The van der Waals surface area contributed by atoms with Gasteiger partial charge in [-0.05, 0) is 38.1 Å². The third-order valence-electron chi connectivity index (χ3n) is 3.15. The van der Waals surface area contributed by atoms with Gasteiger partial charge in [-0.2, -0.15) is 0 Å². The lowest BCUT2D eigenvalue weighted by atomic mass is 10.1. The summed E-state index contributed by atoms with van der Waals surface area (Å²) in [6.07, 6.45) is 1.52. The van der Waals surface area contributed by atoms with Gasteiger partial charge in [-0.3, -0.25) is 14.4 Å². The number of ether oxygens (including phenoxy) is 1. The van der Waals surface area contributed by atoms with Crippen LogP contribution in [-0.2, 0) is 11.3 Å². The number of benzene rings is 1. The van der Waals surface area contributed by atoms with Crippen LogP contribution in [0.4, 0.5) is 5.69 Å². The van der Waals surface area contributed by atoms with Gasteiger partial charge >= 0.3 is 0 Å². The number of aromatic nitrogens is 1. The minimum Gasteiger partial charge on any atom is -0.488 e. The van der Waals surface area contributed by atoms with E-state index in [0.29, 0.717) is 17.9 Å². The van der Waals surface area contributed by atoms with Gasteiger partial charge in [0, 0.05) is 17.4 Å². The quantitative estimate of drug-likeness (QED) is 0.828. The number of nitrogens with zero attached hydrogens (tertiary/aromatic N) is 1. The zero-order chi connectivity index (χ0) is 16.8. The number of Topliss-reactive ketones (excluding diaryl/α,β-unsaturated/α-hetero) is 1. The Labute approximate surface area is 133 Å². The molecule has 23 heavy (non-hydrogen) atoms. The number of carbonyl (C=O) groups is 2. The van der Waals surface area contributed by atoms with E-state index >= 15 is 0 Å². The number of rotatable bonds is 6. The van der Waals surface area contributed by atoms with E-state index < -0.39 is 0 Å². The molecule has 1 amide bonds. The maximum Gasteiger partial charge on any atom is 0.293 e. The highest BCUT2D eigenvalue weighted by molar-refractivity contribution is 5.97. The third-order valence-corrected chi connectivity index (χ3v) is 3.15. The normalized spacial score (nSPS) is 10.2. The van der Waals surface area contributed by atoms with Gasteiger partial charge in [0.2, 0.25) is 5.91 Å². The standard InChI is InChI=1S/C17H18N2O4/c1-3-23-15-8-5-9-19(17(15)22)11-16(21)18-14-7-4-6-13(10-14)12(2)20/h4-10H,3,11H2,1-2H3,(H,18,21). The molecule has 0 saturated heterocycles. The van der Waals surface area contributed by atoms with Crippen LogP contribution in [0.3, 0.4) is 0 Å². The molecule has 1 aromatic carbocycles. The van der Waals surface area contributed by atoms with E-state index in [2.05, 4.69) is 5.32 Å². The van der Waals surface area contributed by atoms with E-state index in [1.165, 1.54) is 17.7 Å². The number of hydrogen-bond acceptors (Lipinski definition) is 4. The van der Waals surface area contributed by atoms with Gasteiger partial charge in [0.25, 0.3) is 5.56 Å². The zero-order valence-corrected chi connectivity index (χ0v) is 13.0. The summed E-state index contributed by atoms with van der Waals surface area (Å²) < 4.78 is 6.49. The summed E-state index contributed by atoms with van der Waals surface area (Å²) in [5, 5.41) is 2.67. The SMILES string of the molecule is CCOc1cccn(CC(=O)Nc2cccc(C(C)=O)c2)c1=O. The van der Waals surface area contributed by atoms with E-state index in [-0.39, 0.29) is 29.5 Å². The van der Waals surface area contributed by atoms with Gasteiger partial charge in [0.05, 0.1) is 6.61 Å². The molecule has 0 saturated carbocycles. The number of nitrogens with one attached hydrogen (secondary N) is 1. The first-order chi connectivity index (χ1) is 11.0. The largest absolute Gasteiger partial charge is 0.488 e. The van der Waals surface area contributed by atoms with Crippen LogP contribution in [0.1, 0.15) is 24.2 Å². The molecule has 0 atom stereocenters. The fourth-order valence-corrected chi connectivity index (χ4v) is 2.08. The highest BCUT2D eigenvalue weighted by Gasteiger charge is 2.09. The van der Waals surface area contributed by atoms with Crippen LogP contribution in [-0.4, -0.2) is 22.9 Å². The summed E-state index contributed by atoms with van der Waals surface area (Å²) in [5.41, 5.74) is 0.664. The van der Waals surface area contributed by atoms with Crippen molar-refractivity contribution >= 4 is 17.4 Å². The average Bonchev–Trinajstić information content (AvgIpc) is 2.51. The molecule has 0 fully saturated rings. The Morgan fingerprint density at radius 2 is 2.00 bits per heavy atom. The van der Waals surface area contributed by atoms with Crippen molar-refractivity contribution in [3.8, 4) is 5.75 Å². The maximum absolute atomic E-state index is 12.1. The van der Waals surface area contributed by atoms with Gasteiger partial charge in [0.1, 0.15) is 6.54 Å². The lowest BCUT2D eigenvalue weighted by Crippen LogP contribution is -2.28. The molecule has 6 heteroatoms. The summed E-state index contributed by atoms with van der Waals surface area (Å²) >= 11 is 0. The lowest BCUT2D eigenvalue weighted by molar-refractivity contribution is -0.116. The molecule has 0 radical (unpaired) electrons. The molecule has 2 rings (SSSR count). The second kappa shape index (κ2) is 7.40. The number of anilines is 1. The smallest absolute Gasteiger partial charge is 0.293 e. The maximum atomic E-state index is 12.1. The zero-order valence-electron chi connectivity index (χ0n) is 13.0. The molecule has 0 unspecified atom stereocenters. The Kier molecular flexibility index (Phi) is 5.30. The Bertz CT molecular complexity index is 780. The van der Waals surface area contributed by atoms with Crippen LogP contribution in [0.5, 0.6) is 5.75 Å². The monoisotopic (exact) mass is 314 g/mol. The molecular formula is C17H18N2O4. The molecule has 1 aromatic heterocycles. The van der Waals surface area contributed by atoms with E-state index in [0.717, 1.165) is 0 Å². The van der Waals surface area contributed by atoms with Crippen molar-refractivity contribution < 1.29 is 14.3 Å². The van der Waals surface area contributed by atoms with Gasteiger partial charge in [-0.15, -0.1) is 0 Å². The van der Waals surface area contributed by atoms with E-state index in [9.17, 15) is 14.4 Å². The van der Waals surface area contributed by atoms with Crippen molar-refractivity contribution in [3.05, 3.63) is 58.5 Å². The minimum atomic E-state index is -0.360. The Morgan fingerprint density at radius 3 is 2.70 bits per heavy atom. The Balaban J connectivity index is 2.11. The van der Waals surface area contributed by atoms with Crippen LogP contribution in [0, 0.1) is 0 Å². The average molecular weight is 314 g/mol. The Morgan fingerprint density at radius 1 is 1.22 bits per heavy atom. The fraction of sp³-hybridized carbons (Fsp3) is 0.235. The van der Waals surface area contributed by atoms with Crippen molar-refractivity contribution in [3.63, 3.8) is 0 Å². The molecule has 0 aliphatic heterocycles. The molecule has 0 bridgehead atoms. The van der Waals surface area contributed by atoms with Crippen LogP contribution in [0.25, 0.3) is 0 Å².